The molecule has 0 radical (unpaired) electrons. The van der Waals surface area contributed by atoms with Gasteiger partial charge in [-0.25, -0.2) is 4.98 Å². The van der Waals surface area contributed by atoms with Crippen LogP contribution in [0.3, 0.4) is 0 Å². The van der Waals surface area contributed by atoms with Crippen LogP contribution >= 0.6 is 11.3 Å². The van der Waals surface area contributed by atoms with Crippen molar-refractivity contribution in [2.45, 2.75) is 45.1 Å². The summed E-state index contributed by atoms with van der Waals surface area (Å²) < 4.78 is 0. The standard InChI is InChI=1S/C13H17N3O2S/c1-2-16-11(17)7-9(12(16)18)15-13-14-8-5-3-4-6-10(8)19-13/h9H,2-7H2,1H3,(H,14,15). The van der Waals surface area contributed by atoms with E-state index in [1.54, 1.807) is 11.3 Å². The molecule has 1 aliphatic carbocycles. The largest absolute Gasteiger partial charge is 0.349 e. The average Bonchev–Trinajstić information content (AvgIpc) is 2.91. The Kier molecular flexibility index (Phi) is 3.26. The number of thiazole rings is 1. The number of nitrogens with one attached hydrogen (secondary N) is 1. The zero-order chi connectivity index (χ0) is 13.4. The summed E-state index contributed by atoms with van der Waals surface area (Å²) in [6.07, 6.45) is 4.79. The number of carbonyl (C=O) groups is 2. The van der Waals surface area contributed by atoms with Crippen molar-refractivity contribution in [3.63, 3.8) is 0 Å². The van der Waals surface area contributed by atoms with Gasteiger partial charge in [0, 0.05) is 11.4 Å². The number of amides is 2. The summed E-state index contributed by atoms with van der Waals surface area (Å²) in [5.41, 5.74) is 1.17. The number of hydrogen-bond acceptors (Lipinski definition) is 5. The Morgan fingerprint density at radius 2 is 2.16 bits per heavy atom. The Balaban J connectivity index is 1.73. The van der Waals surface area contributed by atoms with Crippen LogP contribution in [0.15, 0.2) is 0 Å². The monoisotopic (exact) mass is 279 g/mol. The molecule has 102 valence electrons. The van der Waals surface area contributed by atoms with Crippen LogP contribution in [0.1, 0.15) is 36.8 Å². The third-order valence-electron chi connectivity index (χ3n) is 3.70. The summed E-state index contributed by atoms with van der Waals surface area (Å²) in [6, 6.07) is -0.431. The van der Waals surface area contributed by atoms with E-state index in [1.807, 2.05) is 6.92 Å². The summed E-state index contributed by atoms with van der Waals surface area (Å²) in [6.45, 7) is 2.27. The van der Waals surface area contributed by atoms with E-state index in [4.69, 9.17) is 0 Å². The summed E-state index contributed by atoms with van der Waals surface area (Å²) >= 11 is 1.63. The van der Waals surface area contributed by atoms with Gasteiger partial charge in [0.1, 0.15) is 6.04 Å². The summed E-state index contributed by atoms with van der Waals surface area (Å²) in [4.78, 5) is 30.9. The third kappa shape index (κ3) is 2.25. The molecule has 2 heterocycles. The molecule has 6 heteroatoms. The van der Waals surface area contributed by atoms with Crippen molar-refractivity contribution in [2.75, 3.05) is 11.9 Å². The molecule has 1 aromatic rings. The highest BCUT2D eigenvalue weighted by atomic mass is 32.1. The maximum Gasteiger partial charge on any atom is 0.252 e. The summed E-state index contributed by atoms with van der Waals surface area (Å²) in [7, 11) is 0. The first-order valence-electron chi connectivity index (χ1n) is 6.78. The van der Waals surface area contributed by atoms with Crippen LogP contribution in [-0.4, -0.2) is 34.3 Å². The lowest BCUT2D eigenvalue weighted by molar-refractivity contribution is -0.138. The molecule has 0 spiro atoms. The Morgan fingerprint density at radius 1 is 1.37 bits per heavy atom. The molecular weight excluding hydrogens is 262 g/mol. The minimum atomic E-state index is -0.431. The fourth-order valence-corrected chi connectivity index (χ4v) is 3.79. The molecular formula is C13H17N3O2S. The molecule has 0 saturated carbocycles. The smallest absolute Gasteiger partial charge is 0.252 e. The van der Waals surface area contributed by atoms with Crippen molar-refractivity contribution >= 4 is 28.3 Å². The van der Waals surface area contributed by atoms with Crippen molar-refractivity contribution in [1.82, 2.24) is 9.88 Å². The van der Waals surface area contributed by atoms with Crippen LogP contribution in [0.25, 0.3) is 0 Å². The predicted molar refractivity (Wildman–Crippen MR) is 73.2 cm³/mol. The molecule has 1 N–H and O–H groups in total. The molecule has 1 aromatic heterocycles. The lowest BCUT2D eigenvalue weighted by Crippen LogP contribution is -2.34. The van der Waals surface area contributed by atoms with Gasteiger partial charge in [-0.15, -0.1) is 11.3 Å². The SMILES string of the molecule is CCN1C(=O)CC(Nc2nc3c(s2)CCCC3)C1=O. The first kappa shape index (κ1) is 12.6. The van der Waals surface area contributed by atoms with Gasteiger partial charge in [-0.3, -0.25) is 14.5 Å². The van der Waals surface area contributed by atoms with Crippen LogP contribution in [-0.2, 0) is 22.4 Å². The van der Waals surface area contributed by atoms with Gasteiger partial charge in [-0.1, -0.05) is 0 Å². The molecule has 1 unspecified atom stereocenters. The predicted octanol–water partition coefficient (Wildman–Crippen LogP) is 1.58. The molecule has 0 aromatic carbocycles. The molecule has 0 bridgehead atoms. The molecule has 3 rings (SSSR count). The molecule has 1 saturated heterocycles. The Morgan fingerprint density at radius 3 is 2.84 bits per heavy atom. The number of nitrogens with zero attached hydrogens (tertiary/aromatic N) is 2. The van der Waals surface area contributed by atoms with Crippen molar-refractivity contribution in [2.24, 2.45) is 0 Å². The van der Waals surface area contributed by atoms with Crippen LogP contribution < -0.4 is 5.32 Å². The Bertz CT molecular complexity index is 502. The van der Waals surface area contributed by atoms with Crippen LogP contribution in [0.5, 0.6) is 0 Å². The van der Waals surface area contributed by atoms with E-state index in [0.717, 1.165) is 18.0 Å². The number of carbonyl (C=O) groups excluding carboxylic acids is 2. The maximum absolute atomic E-state index is 12.0. The van der Waals surface area contributed by atoms with E-state index < -0.39 is 6.04 Å². The quantitative estimate of drug-likeness (QED) is 0.853. The lowest BCUT2D eigenvalue weighted by Gasteiger charge is -2.12. The molecule has 5 nitrogen and oxygen atoms in total. The van der Waals surface area contributed by atoms with E-state index in [9.17, 15) is 9.59 Å². The molecule has 1 aliphatic heterocycles. The van der Waals surface area contributed by atoms with Gasteiger partial charge in [0.15, 0.2) is 5.13 Å². The topological polar surface area (TPSA) is 62.3 Å². The number of anilines is 1. The molecule has 2 amide bonds. The summed E-state index contributed by atoms with van der Waals surface area (Å²) in [5.74, 6) is -0.216. The van der Waals surface area contributed by atoms with Crippen LogP contribution in [0, 0.1) is 0 Å². The first-order valence-corrected chi connectivity index (χ1v) is 7.60. The zero-order valence-corrected chi connectivity index (χ0v) is 11.8. The zero-order valence-electron chi connectivity index (χ0n) is 10.9. The highest BCUT2D eigenvalue weighted by Gasteiger charge is 2.38. The highest BCUT2D eigenvalue weighted by Crippen LogP contribution is 2.30. The van der Waals surface area contributed by atoms with E-state index in [0.29, 0.717) is 6.54 Å². The average molecular weight is 279 g/mol. The molecule has 1 atom stereocenters. The van der Waals surface area contributed by atoms with Gasteiger partial charge in [0.2, 0.25) is 5.91 Å². The van der Waals surface area contributed by atoms with Gasteiger partial charge in [-0.05, 0) is 32.6 Å². The van der Waals surface area contributed by atoms with Crippen molar-refractivity contribution in [3.05, 3.63) is 10.6 Å². The molecule has 1 fully saturated rings. The molecule has 19 heavy (non-hydrogen) atoms. The normalized spacial score (nSPS) is 22.8. The Labute approximate surface area is 116 Å². The number of hydrogen-bond donors (Lipinski definition) is 1. The fourth-order valence-electron chi connectivity index (χ4n) is 2.69. The van der Waals surface area contributed by atoms with Gasteiger partial charge in [0.25, 0.3) is 5.91 Å². The van der Waals surface area contributed by atoms with Gasteiger partial charge < -0.3 is 5.32 Å². The lowest BCUT2D eigenvalue weighted by atomic mass is 10.0. The van der Waals surface area contributed by atoms with Gasteiger partial charge in [-0.2, -0.15) is 0 Å². The van der Waals surface area contributed by atoms with Crippen molar-refractivity contribution < 1.29 is 9.59 Å². The fraction of sp³-hybridized carbons (Fsp3) is 0.615. The number of aryl methyl sites for hydroxylation is 2. The Hall–Kier alpha value is -1.43. The number of rotatable bonds is 3. The van der Waals surface area contributed by atoms with Crippen LogP contribution in [0.2, 0.25) is 0 Å². The van der Waals surface area contributed by atoms with E-state index in [-0.39, 0.29) is 18.2 Å². The first-order chi connectivity index (χ1) is 9.19. The van der Waals surface area contributed by atoms with Crippen molar-refractivity contribution in [1.29, 1.82) is 0 Å². The van der Waals surface area contributed by atoms with Crippen LogP contribution in [0.4, 0.5) is 5.13 Å². The van der Waals surface area contributed by atoms with Crippen molar-refractivity contribution in [3.8, 4) is 0 Å². The van der Waals surface area contributed by atoms with E-state index in [1.165, 1.54) is 28.3 Å². The second-order valence-electron chi connectivity index (χ2n) is 4.97. The van der Waals surface area contributed by atoms with Gasteiger partial charge >= 0.3 is 0 Å². The minimum Gasteiger partial charge on any atom is -0.349 e. The number of likely N-dealkylation sites (tertiary alicyclic amines) is 1. The minimum absolute atomic E-state index is 0.0914. The number of imide groups is 1. The number of likely N-dealkylation sites (N-methyl/N-ethyl adjacent to an activating group) is 1. The van der Waals surface area contributed by atoms with E-state index >= 15 is 0 Å². The molecule has 2 aliphatic rings. The third-order valence-corrected chi connectivity index (χ3v) is 4.79. The second-order valence-corrected chi connectivity index (χ2v) is 6.06. The maximum atomic E-state index is 12.0. The second kappa shape index (κ2) is 4.92. The number of fused-ring (bicyclic) bond motifs is 1. The number of aromatic nitrogens is 1. The van der Waals surface area contributed by atoms with Gasteiger partial charge in [0.05, 0.1) is 12.1 Å². The highest BCUT2D eigenvalue weighted by molar-refractivity contribution is 7.15. The summed E-state index contributed by atoms with van der Waals surface area (Å²) in [5, 5.41) is 3.93. The van der Waals surface area contributed by atoms with E-state index in [2.05, 4.69) is 10.3 Å².